The van der Waals surface area contributed by atoms with Gasteiger partial charge in [-0.1, -0.05) is 26.7 Å². The fraction of sp³-hybridized carbons (Fsp3) is 0.917. The number of hydrogen-bond acceptors (Lipinski definition) is 4. The summed E-state index contributed by atoms with van der Waals surface area (Å²) in [6.07, 6.45) is 3.96. The first kappa shape index (κ1) is 15.9. The molecule has 0 bridgehead atoms. The molecule has 0 amide bonds. The second-order valence-corrected chi connectivity index (χ2v) is 4.49. The van der Waals surface area contributed by atoms with Gasteiger partial charge in [-0.2, -0.15) is 0 Å². The van der Waals surface area contributed by atoms with Crippen LogP contribution in [0.3, 0.4) is 0 Å². The minimum Gasteiger partial charge on any atom is -0.465 e. The smallest absolute Gasteiger partial charge is 0.308 e. The normalized spacial score (nSPS) is 14.1. The van der Waals surface area contributed by atoms with E-state index >= 15 is 0 Å². The van der Waals surface area contributed by atoms with Crippen molar-refractivity contribution in [2.45, 2.75) is 58.9 Å². The summed E-state index contributed by atoms with van der Waals surface area (Å²) in [5.74, 6) is -0.490. The molecule has 0 aliphatic rings. The van der Waals surface area contributed by atoms with Crippen LogP contribution in [0.4, 0.5) is 0 Å². The molecular weight excluding hydrogens is 222 g/mol. The summed E-state index contributed by atoms with van der Waals surface area (Å²) >= 11 is 0. The van der Waals surface area contributed by atoms with Gasteiger partial charge in [-0.3, -0.25) is 14.9 Å². The Kier molecular flexibility index (Phi) is 8.36. The third-order valence-electron chi connectivity index (χ3n) is 2.77. The van der Waals surface area contributed by atoms with E-state index in [0.717, 1.165) is 19.3 Å². The van der Waals surface area contributed by atoms with Gasteiger partial charge in [0.15, 0.2) is 0 Å². The highest BCUT2D eigenvalue weighted by Gasteiger charge is 2.19. The van der Waals surface area contributed by atoms with E-state index < -0.39 is 6.04 Å². The van der Waals surface area contributed by atoms with E-state index in [2.05, 4.69) is 6.92 Å². The molecule has 0 saturated heterocycles. The maximum Gasteiger partial charge on any atom is 0.308 e. The van der Waals surface area contributed by atoms with Crippen LogP contribution in [0.5, 0.6) is 0 Å². The summed E-state index contributed by atoms with van der Waals surface area (Å²) in [5, 5.41) is 10.4. The first-order valence-corrected chi connectivity index (χ1v) is 6.29. The highest BCUT2D eigenvalue weighted by molar-refractivity contribution is 5.71. The number of esters is 1. The van der Waals surface area contributed by atoms with E-state index in [1.54, 1.807) is 13.8 Å². The van der Waals surface area contributed by atoms with Crippen molar-refractivity contribution in [2.24, 2.45) is 5.92 Å². The minimum atomic E-state index is -0.592. The van der Waals surface area contributed by atoms with E-state index in [-0.39, 0.29) is 16.8 Å². The van der Waals surface area contributed by atoms with Crippen LogP contribution in [-0.2, 0) is 9.53 Å². The third kappa shape index (κ3) is 7.71. The predicted molar refractivity (Wildman–Crippen MR) is 65.3 cm³/mol. The number of carbonyl (C=O) groups excluding carboxylic acids is 1. The summed E-state index contributed by atoms with van der Waals surface area (Å²) in [6.45, 7) is 5.86. The molecule has 0 aromatic carbocycles. The molecule has 0 N–H and O–H groups in total. The Labute approximate surface area is 103 Å². The Balaban J connectivity index is 3.70. The Bertz CT molecular complexity index is 243. The molecule has 5 heteroatoms. The minimum absolute atomic E-state index is 0.239. The van der Waals surface area contributed by atoms with Gasteiger partial charge in [0, 0.05) is 18.3 Å². The molecule has 100 valence electrons. The van der Waals surface area contributed by atoms with Crippen LogP contribution in [0, 0.1) is 16.0 Å². The fourth-order valence-electron chi connectivity index (χ4n) is 1.38. The lowest BCUT2D eigenvalue weighted by molar-refractivity contribution is -0.519. The van der Waals surface area contributed by atoms with E-state index in [1.165, 1.54) is 0 Å². The molecule has 5 nitrogen and oxygen atoms in total. The molecule has 0 aromatic rings. The van der Waals surface area contributed by atoms with Gasteiger partial charge in [0.25, 0.3) is 0 Å². The van der Waals surface area contributed by atoms with Crippen molar-refractivity contribution in [3.05, 3.63) is 10.1 Å². The Morgan fingerprint density at radius 1 is 1.29 bits per heavy atom. The van der Waals surface area contributed by atoms with Gasteiger partial charge in [0.05, 0.1) is 12.5 Å². The molecule has 0 aromatic heterocycles. The van der Waals surface area contributed by atoms with Crippen LogP contribution in [0.15, 0.2) is 0 Å². The number of unbranched alkanes of at least 4 members (excludes halogenated alkanes) is 2. The van der Waals surface area contributed by atoms with Crippen LogP contribution >= 0.6 is 0 Å². The maximum atomic E-state index is 11.5. The largest absolute Gasteiger partial charge is 0.465 e. The fourth-order valence-corrected chi connectivity index (χ4v) is 1.38. The van der Waals surface area contributed by atoms with Gasteiger partial charge in [-0.25, -0.2) is 0 Å². The molecule has 2 atom stereocenters. The lowest BCUT2D eigenvalue weighted by Gasteiger charge is -2.11. The zero-order valence-electron chi connectivity index (χ0n) is 11.0. The molecule has 0 aliphatic heterocycles. The van der Waals surface area contributed by atoms with Crippen LogP contribution in [0.2, 0.25) is 0 Å². The topological polar surface area (TPSA) is 69.4 Å². The summed E-state index contributed by atoms with van der Waals surface area (Å²) in [6, 6.07) is -0.592. The second kappa shape index (κ2) is 8.96. The average Bonchev–Trinajstić information content (AvgIpc) is 2.30. The van der Waals surface area contributed by atoms with E-state index in [1.807, 2.05) is 0 Å². The standard InChI is InChI=1S/C12H23NO4/c1-4-5-6-9-17-12(14)10(2)7-8-11(3)13(15)16/h10-11H,4-9H2,1-3H3/t10-,11+/m1/s1. The molecule has 0 radical (unpaired) electrons. The molecular formula is C12H23NO4. The highest BCUT2D eigenvalue weighted by Crippen LogP contribution is 2.11. The van der Waals surface area contributed by atoms with Crippen molar-refractivity contribution >= 4 is 5.97 Å². The number of nitro groups is 1. The summed E-state index contributed by atoms with van der Waals surface area (Å²) in [5.41, 5.74) is 0. The van der Waals surface area contributed by atoms with Crippen LogP contribution in [0.1, 0.15) is 52.9 Å². The zero-order chi connectivity index (χ0) is 13.3. The Hall–Kier alpha value is -1.13. The molecule has 17 heavy (non-hydrogen) atoms. The predicted octanol–water partition coefficient (Wildman–Crippen LogP) is 2.80. The van der Waals surface area contributed by atoms with Crippen LogP contribution in [-0.4, -0.2) is 23.5 Å². The van der Waals surface area contributed by atoms with Crippen LogP contribution in [0.25, 0.3) is 0 Å². The van der Waals surface area contributed by atoms with Gasteiger partial charge >= 0.3 is 5.97 Å². The monoisotopic (exact) mass is 245 g/mol. The van der Waals surface area contributed by atoms with Gasteiger partial charge in [-0.15, -0.1) is 0 Å². The highest BCUT2D eigenvalue weighted by atomic mass is 16.6. The van der Waals surface area contributed by atoms with Crippen LogP contribution < -0.4 is 0 Å². The lowest BCUT2D eigenvalue weighted by Crippen LogP contribution is -2.20. The van der Waals surface area contributed by atoms with Crippen molar-refractivity contribution in [2.75, 3.05) is 6.61 Å². The van der Waals surface area contributed by atoms with E-state index in [0.29, 0.717) is 19.4 Å². The Morgan fingerprint density at radius 2 is 1.94 bits per heavy atom. The van der Waals surface area contributed by atoms with Crippen molar-refractivity contribution in [3.63, 3.8) is 0 Å². The third-order valence-corrected chi connectivity index (χ3v) is 2.77. The molecule has 0 rings (SSSR count). The van der Waals surface area contributed by atoms with E-state index in [4.69, 9.17) is 4.74 Å². The Morgan fingerprint density at radius 3 is 2.47 bits per heavy atom. The maximum absolute atomic E-state index is 11.5. The number of ether oxygens (including phenoxy) is 1. The van der Waals surface area contributed by atoms with Crippen molar-refractivity contribution < 1.29 is 14.5 Å². The van der Waals surface area contributed by atoms with Gasteiger partial charge in [0.2, 0.25) is 6.04 Å². The number of nitrogens with zero attached hydrogens (tertiary/aromatic N) is 1. The van der Waals surface area contributed by atoms with Crippen molar-refractivity contribution in [1.29, 1.82) is 0 Å². The van der Waals surface area contributed by atoms with Crippen molar-refractivity contribution in [3.8, 4) is 0 Å². The first-order chi connectivity index (χ1) is 7.99. The molecule has 0 saturated carbocycles. The molecule has 0 aliphatic carbocycles. The van der Waals surface area contributed by atoms with E-state index in [9.17, 15) is 14.9 Å². The average molecular weight is 245 g/mol. The summed E-state index contributed by atoms with van der Waals surface area (Å²) < 4.78 is 5.09. The summed E-state index contributed by atoms with van der Waals surface area (Å²) in [7, 11) is 0. The van der Waals surface area contributed by atoms with Crippen molar-refractivity contribution in [1.82, 2.24) is 0 Å². The molecule has 0 spiro atoms. The van der Waals surface area contributed by atoms with Gasteiger partial charge in [0.1, 0.15) is 0 Å². The SMILES string of the molecule is CCCCCOC(=O)[C@H](C)CC[C@H](C)[N+](=O)[O-]. The van der Waals surface area contributed by atoms with Gasteiger partial charge < -0.3 is 4.74 Å². The second-order valence-electron chi connectivity index (χ2n) is 4.49. The first-order valence-electron chi connectivity index (χ1n) is 6.29. The zero-order valence-corrected chi connectivity index (χ0v) is 11.0. The summed E-state index contributed by atoms with van der Waals surface area (Å²) in [4.78, 5) is 21.6. The molecule has 0 unspecified atom stereocenters. The molecule has 0 fully saturated rings. The number of carbonyl (C=O) groups is 1. The number of hydrogen-bond donors (Lipinski definition) is 0. The van der Waals surface area contributed by atoms with Gasteiger partial charge in [-0.05, 0) is 12.8 Å². The quantitative estimate of drug-likeness (QED) is 0.271. The molecule has 0 heterocycles. The number of rotatable bonds is 9. The lowest BCUT2D eigenvalue weighted by atomic mass is 10.0.